The number of benzene rings is 2. The van der Waals surface area contributed by atoms with Gasteiger partial charge in [0.15, 0.2) is 0 Å². The molecule has 24 heavy (non-hydrogen) atoms. The fourth-order valence-corrected chi connectivity index (χ4v) is 3.23. The average Bonchev–Trinajstić information content (AvgIpc) is 3.09. The Balaban J connectivity index is 1.62. The lowest BCUT2D eigenvalue weighted by molar-refractivity contribution is -0.118. The molecule has 2 aromatic carbocycles. The number of rotatable bonds is 3. The van der Waals surface area contributed by atoms with Crippen LogP contribution in [0, 0.1) is 0 Å². The molecule has 0 saturated carbocycles. The highest BCUT2D eigenvalue weighted by Crippen LogP contribution is 2.25. The summed E-state index contributed by atoms with van der Waals surface area (Å²) in [7, 11) is 0. The highest BCUT2D eigenvalue weighted by atomic mass is 35.5. The van der Waals surface area contributed by atoms with Crippen LogP contribution >= 0.6 is 11.6 Å². The third-order valence-corrected chi connectivity index (χ3v) is 4.42. The van der Waals surface area contributed by atoms with E-state index in [1.165, 1.54) is 0 Å². The number of fused-ring (bicyclic) bond motifs is 1. The third kappa shape index (κ3) is 2.43. The van der Waals surface area contributed by atoms with Crippen molar-refractivity contribution in [3.8, 4) is 0 Å². The van der Waals surface area contributed by atoms with Crippen LogP contribution in [0.5, 0.6) is 0 Å². The number of H-pyrrole nitrogens is 1. The summed E-state index contributed by atoms with van der Waals surface area (Å²) < 4.78 is 0. The molecule has 0 bridgehead atoms. The summed E-state index contributed by atoms with van der Waals surface area (Å²) in [6, 6.07) is 13.6. The quantitative estimate of drug-likeness (QED) is 0.717. The number of hydrogen-bond donors (Lipinski definition) is 2. The van der Waals surface area contributed by atoms with E-state index in [4.69, 9.17) is 11.6 Å². The van der Waals surface area contributed by atoms with E-state index in [2.05, 4.69) is 10.3 Å². The smallest absolute Gasteiger partial charge is 0.329 e. The van der Waals surface area contributed by atoms with Gasteiger partial charge in [-0.25, -0.2) is 9.69 Å². The van der Waals surface area contributed by atoms with Gasteiger partial charge in [0.2, 0.25) is 0 Å². The van der Waals surface area contributed by atoms with Crippen molar-refractivity contribution in [2.24, 2.45) is 0 Å². The van der Waals surface area contributed by atoms with Gasteiger partial charge in [0, 0.05) is 28.5 Å². The molecule has 6 heteroatoms. The van der Waals surface area contributed by atoms with Gasteiger partial charge >= 0.3 is 6.03 Å². The number of nitrogens with zero attached hydrogens (tertiary/aromatic N) is 1. The highest BCUT2D eigenvalue weighted by molar-refractivity contribution is 6.31. The Morgan fingerprint density at radius 1 is 1.08 bits per heavy atom. The number of aromatic nitrogens is 1. The van der Waals surface area contributed by atoms with Crippen molar-refractivity contribution in [1.82, 2.24) is 10.3 Å². The molecule has 0 radical (unpaired) electrons. The first-order valence-electron chi connectivity index (χ1n) is 7.58. The maximum absolute atomic E-state index is 12.7. The molecule has 3 amide bonds. The van der Waals surface area contributed by atoms with Crippen LogP contribution in [-0.2, 0) is 11.2 Å². The Morgan fingerprint density at radius 2 is 1.92 bits per heavy atom. The minimum absolute atomic E-state index is 0.271. The lowest BCUT2D eigenvalue weighted by Gasteiger charge is -2.13. The van der Waals surface area contributed by atoms with Crippen molar-refractivity contribution in [2.45, 2.75) is 12.5 Å². The molecular formula is C18H14ClN3O2. The summed E-state index contributed by atoms with van der Waals surface area (Å²) in [6.45, 7) is 0. The van der Waals surface area contributed by atoms with Gasteiger partial charge in [-0.3, -0.25) is 4.79 Å². The number of para-hydroxylation sites is 1. The standard InChI is InChI=1S/C18H14ClN3O2/c19-12-4-3-5-13(9-12)22-17(23)16(21-18(22)24)8-11-10-20-15-7-2-1-6-14(11)15/h1-7,9-10,16,20H,8H2,(H,21,24)/t16-/m0/s1. The number of aromatic amines is 1. The van der Waals surface area contributed by atoms with E-state index in [1.807, 2.05) is 30.5 Å². The highest BCUT2D eigenvalue weighted by Gasteiger charge is 2.39. The predicted molar refractivity (Wildman–Crippen MR) is 93.3 cm³/mol. The van der Waals surface area contributed by atoms with E-state index in [0.29, 0.717) is 17.1 Å². The molecule has 1 atom stereocenters. The lowest BCUT2D eigenvalue weighted by Crippen LogP contribution is -2.32. The molecule has 3 aromatic rings. The Morgan fingerprint density at radius 3 is 2.75 bits per heavy atom. The summed E-state index contributed by atoms with van der Waals surface area (Å²) in [4.78, 5) is 29.2. The van der Waals surface area contributed by atoms with Crippen LogP contribution in [-0.4, -0.2) is 23.0 Å². The number of hydrogen-bond acceptors (Lipinski definition) is 2. The first kappa shape index (κ1) is 14.8. The van der Waals surface area contributed by atoms with Gasteiger partial charge in [-0.1, -0.05) is 35.9 Å². The number of halogens is 1. The Hall–Kier alpha value is -2.79. The van der Waals surface area contributed by atoms with E-state index in [1.54, 1.807) is 24.3 Å². The van der Waals surface area contributed by atoms with Gasteiger partial charge in [0.05, 0.1) is 5.69 Å². The molecule has 0 aliphatic carbocycles. The monoisotopic (exact) mass is 339 g/mol. The molecule has 1 aliphatic rings. The molecule has 5 nitrogen and oxygen atoms in total. The fourth-order valence-electron chi connectivity index (χ4n) is 3.05. The number of imide groups is 1. The summed E-state index contributed by atoms with van der Waals surface area (Å²) in [5.41, 5.74) is 2.49. The van der Waals surface area contributed by atoms with E-state index >= 15 is 0 Å². The molecule has 4 rings (SSSR count). The van der Waals surface area contributed by atoms with Gasteiger partial charge in [-0.2, -0.15) is 0 Å². The maximum Gasteiger partial charge on any atom is 0.329 e. The predicted octanol–water partition coefficient (Wildman–Crippen LogP) is 3.49. The SMILES string of the molecule is O=C1N[C@@H](Cc2c[nH]c3ccccc23)C(=O)N1c1cccc(Cl)c1. The number of anilines is 1. The van der Waals surface area contributed by atoms with Crippen LogP contribution in [0.4, 0.5) is 10.5 Å². The fraction of sp³-hybridized carbons (Fsp3) is 0.111. The van der Waals surface area contributed by atoms with E-state index < -0.39 is 12.1 Å². The summed E-state index contributed by atoms with van der Waals surface area (Å²) in [5.74, 6) is -0.271. The van der Waals surface area contributed by atoms with Gasteiger partial charge < -0.3 is 10.3 Å². The Labute approximate surface area is 143 Å². The second-order valence-electron chi connectivity index (χ2n) is 5.72. The second kappa shape index (κ2) is 5.69. The van der Waals surface area contributed by atoms with Gasteiger partial charge in [-0.05, 0) is 29.8 Å². The van der Waals surface area contributed by atoms with E-state index in [0.717, 1.165) is 21.4 Å². The molecule has 2 N–H and O–H groups in total. The number of carbonyl (C=O) groups is 2. The number of nitrogens with one attached hydrogen (secondary N) is 2. The normalized spacial score (nSPS) is 17.5. The molecular weight excluding hydrogens is 326 g/mol. The Bertz CT molecular complexity index is 950. The molecule has 1 aromatic heterocycles. The van der Waals surface area contributed by atoms with Gasteiger partial charge in [0.1, 0.15) is 6.04 Å². The second-order valence-corrected chi connectivity index (χ2v) is 6.16. The zero-order valence-electron chi connectivity index (χ0n) is 12.6. The molecule has 0 unspecified atom stereocenters. The van der Waals surface area contributed by atoms with Gasteiger partial charge in [0.25, 0.3) is 5.91 Å². The zero-order chi connectivity index (χ0) is 16.7. The summed E-state index contributed by atoms with van der Waals surface area (Å²) in [6.07, 6.45) is 2.32. The van der Waals surface area contributed by atoms with Crippen LogP contribution in [0.1, 0.15) is 5.56 Å². The van der Waals surface area contributed by atoms with Crippen molar-refractivity contribution in [3.05, 3.63) is 65.3 Å². The zero-order valence-corrected chi connectivity index (χ0v) is 13.4. The van der Waals surface area contributed by atoms with E-state index in [9.17, 15) is 9.59 Å². The first-order chi connectivity index (χ1) is 11.6. The number of carbonyl (C=O) groups excluding carboxylic acids is 2. The molecule has 1 fully saturated rings. The first-order valence-corrected chi connectivity index (χ1v) is 7.96. The van der Waals surface area contributed by atoms with Gasteiger partial charge in [-0.15, -0.1) is 0 Å². The molecule has 1 aliphatic heterocycles. The summed E-state index contributed by atoms with van der Waals surface area (Å²) in [5, 5.41) is 4.29. The maximum atomic E-state index is 12.7. The third-order valence-electron chi connectivity index (χ3n) is 4.18. The van der Waals surface area contributed by atoms with Crippen LogP contribution in [0.15, 0.2) is 54.7 Å². The van der Waals surface area contributed by atoms with Crippen LogP contribution in [0.25, 0.3) is 10.9 Å². The van der Waals surface area contributed by atoms with Crippen molar-refractivity contribution >= 4 is 40.1 Å². The van der Waals surface area contributed by atoms with Crippen molar-refractivity contribution < 1.29 is 9.59 Å². The lowest BCUT2D eigenvalue weighted by atomic mass is 10.0. The number of amides is 3. The molecule has 2 heterocycles. The van der Waals surface area contributed by atoms with Crippen molar-refractivity contribution in [3.63, 3.8) is 0 Å². The largest absolute Gasteiger partial charge is 0.361 e. The van der Waals surface area contributed by atoms with Crippen LogP contribution in [0.3, 0.4) is 0 Å². The number of urea groups is 1. The molecule has 1 saturated heterocycles. The molecule has 120 valence electrons. The topological polar surface area (TPSA) is 65.2 Å². The minimum Gasteiger partial charge on any atom is -0.361 e. The van der Waals surface area contributed by atoms with Crippen LogP contribution < -0.4 is 10.2 Å². The summed E-state index contributed by atoms with van der Waals surface area (Å²) >= 11 is 5.96. The van der Waals surface area contributed by atoms with E-state index in [-0.39, 0.29) is 5.91 Å². The minimum atomic E-state index is -0.587. The average molecular weight is 340 g/mol. The Kier molecular flexibility index (Phi) is 3.50. The van der Waals surface area contributed by atoms with Crippen LogP contribution in [0.2, 0.25) is 5.02 Å². The molecule has 0 spiro atoms. The van der Waals surface area contributed by atoms with Crippen molar-refractivity contribution in [2.75, 3.05) is 4.90 Å². The van der Waals surface area contributed by atoms with Crippen molar-refractivity contribution in [1.29, 1.82) is 0 Å².